The first-order valence-electron chi connectivity index (χ1n) is 7.94. The Kier molecular flexibility index (Phi) is 5.54. The van der Waals surface area contributed by atoms with Crippen LogP contribution in [0.1, 0.15) is 45.0 Å². The number of hydrogen-bond donors (Lipinski definition) is 2. The van der Waals surface area contributed by atoms with Gasteiger partial charge >= 0.3 is 6.03 Å². The van der Waals surface area contributed by atoms with Gasteiger partial charge in [0.1, 0.15) is 18.0 Å². The molecule has 1 aromatic heterocycles. The maximum atomic E-state index is 12.9. The van der Waals surface area contributed by atoms with Crippen LogP contribution >= 0.6 is 0 Å². The van der Waals surface area contributed by atoms with Crippen LogP contribution in [0, 0.1) is 5.82 Å². The van der Waals surface area contributed by atoms with Gasteiger partial charge in [-0.25, -0.2) is 18.9 Å². The molecule has 0 spiro atoms. The van der Waals surface area contributed by atoms with Gasteiger partial charge in [0.25, 0.3) is 0 Å². The van der Waals surface area contributed by atoms with Crippen molar-refractivity contribution in [3.8, 4) is 0 Å². The lowest BCUT2D eigenvalue weighted by molar-refractivity contribution is 0.238. The van der Waals surface area contributed by atoms with Gasteiger partial charge in [0.15, 0.2) is 0 Å². The quantitative estimate of drug-likeness (QED) is 0.884. The highest BCUT2D eigenvalue weighted by Crippen LogP contribution is 2.15. The summed E-state index contributed by atoms with van der Waals surface area (Å²) in [6, 6.07) is 6.03. The molecule has 24 heavy (non-hydrogen) atoms. The Labute approximate surface area is 141 Å². The Morgan fingerprint density at radius 2 is 1.92 bits per heavy atom. The lowest BCUT2D eigenvalue weighted by Gasteiger charge is -2.21. The van der Waals surface area contributed by atoms with Crippen molar-refractivity contribution in [2.24, 2.45) is 0 Å². The van der Waals surface area contributed by atoms with E-state index in [0.717, 1.165) is 5.56 Å². The molecule has 6 nitrogen and oxygen atoms in total. The number of halogens is 1. The van der Waals surface area contributed by atoms with Gasteiger partial charge in [-0.15, -0.1) is 0 Å². The minimum Gasteiger partial charge on any atom is -0.338 e. The predicted octanol–water partition coefficient (Wildman–Crippen LogP) is 2.78. The van der Waals surface area contributed by atoms with E-state index in [-0.39, 0.29) is 23.3 Å². The fourth-order valence-corrected chi connectivity index (χ4v) is 2.32. The van der Waals surface area contributed by atoms with E-state index < -0.39 is 0 Å². The van der Waals surface area contributed by atoms with Gasteiger partial charge in [0.2, 0.25) is 0 Å². The smallest absolute Gasteiger partial charge is 0.315 e. The Bertz CT molecular complexity index is 675. The third-order valence-corrected chi connectivity index (χ3v) is 3.67. The Balaban J connectivity index is 1.82. The van der Waals surface area contributed by atoms with Crippen molar-refractivity contribution < 1.29 is 9.18 Å². The number of nitrogens with zero attached hydrogens (tertiary/aromatic N) is 3. The normalized spacial score (nSPS) is 12.7. The third kappa shape index (κ3) is 4.78. The van der Waals surface area contributed by atoms with Crippen LogP contribution in [0.15, 0.2) is 30.6 Å². The summed E-state index contributed by atoms with van der Waals surface area (Å²) in [5.74, 6) is 0.526. The average molecular weight is 333 g/mol. The Morgan fingerprint density at radius 1 is 1.25 bits per heavy atom. The first-order valence-corrected chi connectivity index (χ1v) is 7.94. The molecule has 1 unspecified atom stereocenters. The van der Waals surface area contributed by atoms with Crippen LogP contribution in [0.2, 0.25) is 0 Å². The highest BCUT2D eigenvalue weighted by Gasteiger charge is 2.18. The molecule has 2 rings (SSSR count). The van der Waals surface area contributed by atoms with Crippen LogP contribution in [0.3, 0.4) is 0 Å². The van der Waals surface area contributed by atoms with Crippen molar-refractivity contribution in [2.45, 2.75) is 45.7 Å². The highest BCUT2D eigenvalue weighted by molar-refractivity contribution is 5.73. The van der Waals surface area contributed by atoms with Crippen molar-refractivity contribution in [1.29, 1.82) is 0 Å². The second-order valence-corrected chi connectivity index (χ2v) is 6.78. The second kappa shape index (κ2) is 7.42. The highest BCUT2D eigenvalue weighted by atomic mass is 19.1. The van der Waals surface area contributed by atoms with E-state index in [0.29, 0.717) is 18.9 Å². The van der Waals surface area contributed by atoms with Gasteiger partial charge in [-0.2, -0.15) is 5.10 Å². The zero-order valence-electron chi connectivity index (χ0n) is 14.5. The fraction of sp³-hybridized carbons (Fsp3) is 0.471. The molecule has 0 saturated heterocycles. The minimum absolute atomic E-state index is 0.0922. The van der Waals surface area contributed by atoms with Crippen molar-refractivity contribution in [1.82, 2.24) is 25.4 Å². The number of nitrogens with one attached hydrogen (secondary N) is 2. The molecule has 0 aliphatic carbocycles. The summed E-state index contributed by atoms with van der Waals surface area (Å²) in [5, 5.41) is 9.78. The van der Waals surface area contributed by atoms with E-state index in [1.807, 2.05) is 27.7 Å². The van der Waals surface area contributed by atoms with E-state index in [1.165, 1.54) is 18.5 Å². The Hall–Kier alpha value is -2.44. The first kappa shape index (κ1) is 17.9. The fourth-order valence-electron chi connectivity index (χ4n) is 2.32. The summed E-state index contributed by atoms with van der Waals surface area (Å²) in [6.45, 7) is 8.81. The van der Waals surface area contributed by atoms with Gasteiger partial charge < -0.3 is 10.6 Å². The molecule has 0 saturated carbocycles. The molecule has 2 N–H and O–H groups in total. The Morgan fingerprint density at radius 3 is 2.54 bits per heavy atom. The van der Waals surface area contributed by atoms with E-state index in [1.54, 1.807) is 16.8 Å². The molecule has 0 radical (unpaired) electrons. The van der Waals surface area contributed by atoms with Crippen LogP contribution in [-0.4, -0.2) is 27.3 Å². The van der Waals surface area contributed by atoms with E-state index in [9.17, 15) is 9.18 Å². The number of hydrogen-bond acceptors (Lipinski definition) is 3. The molecule has 1 atom stereocenters. The molecule has 0 aliphatic rings. The topological polar surface area (TPSA) is 71.8 Å². The molecule has 7 heteroatoms. The molecule has 0 fully saturated rings. The summed E-state index contributed by atoms with van der Waals surface area (Å²) in [7, 11) is 0. The van der Waals surface area contributed by atoms with Crippen LogP contribution in [0.25, 0.3) is 0 Å². The van der Waals surface area contributed by atoms with Gasteiger partial charge in [0.05, 0.1) is 12.1 Å². The van der Waals surface area contributed by atoms with Crippen LogP contribution in [0.4, 0.5) is 9.18 Å². The zero-order valence-corrected chi connectivity index (χ0v) is 14.5. The average Bonchev–Trinajstić information content (AvgIpc) is 3.00. The lowest BCUT2D eigenvalue weighted by atomic mass is 10.0. The van der Waals surface area contributed by atoms with Gasteiger partial charge in [-0.1, -0.05) is 19.1 Å². The van der Waals surface area contributed by atoms with Crippen molar-refractivity contribution in [3.05, 3.63) is 47.8 Å². The third-order valence-electron chi connectivity index (χ3n) is 3.67. The van der Waals surface area contributed by atoms with Crippen molar-refractivity contribution in [2.75, 3.05) is 6.54 Å². The second-order valence-electron chi connectivity index (χ2n) is 6.78. The number of amides is 2. The van der Waals surface area contributed by atoms with Gasteiger partial charge in [0, 0.05) is 6.54 Å². The molecule has 0 aliphatic heterocycles. The number of aromatic nitrogens is 3. The van der Waals surface area contributed by atoms with Crippen LogP contribution < -0.4 is 10.6 Å². The molecule has 1 aromatic carbocycles. The first-order chi connectivity index (χ1) is 11.3. The van der Waals surface area contributed by atoms with Crippen molar-refractivity contribution >= 4 is 6.03 Å². The predicted molar refractivity (Wildman–Crippen MR) is 90.1 cm³/mol. The molecule has 2 aromatic rings. The van der Waals surface area contributed by atoms with E-state index in [2.05, 4.69) is 20.7 Å². The molecular weight excluding hydrogens is 309 g/mol. The molecular formula is C17H24FN5O. The SMILES string of the molecule is CC(CNC(=O)NCc1ncnn1C(C)(C)C)c1ccc(F)cc1. The van der Waals surface area contributed by atoms with Crippen molar-refractivity contribution in [3.63, 3.8) is 0 Å². The summed E-state index contributed by atoms with van der Waals surface area (Å²) in [6.07, 6.45) is 1.48. The largest absolute Gasteiger partial charge is 0.338 e. The molecule has 1 heterocycles. The van der Waals surface area contributed by atoms with Gasteiger partial charge in [-0.3, -0.25) is 0 Å². The van der Waals surface area contributed by atoms with Gasteiger partial charge in [-0.05, 0) is 44.4 Å². The van der Waals surface area contributed by atoms with Crippen LogP contribution in [-0.2, 0) is 12.1 Å². The lowest BCUT2D eigenvalue weighted by Crippen LogP contribution is -2.38. The maximum absolute atomic E-state index is 12.9. The summed E-state index contributed by atoms with van der Waals surface area (Å²) >= 11 is 0. The van der Waals surface area contributed by atoms with Crippen LogP contribution in [0.5, 0.6) is 0 Å². The van der Waals surface area contributed by atoms with E-state index in [4.69, 9.17) is 0 Å². The molecule has 0 bridgehead atoms. The summed E-state index contributed by atoms with van der Waals surface area (Å²) in [4.78, 5) is 16.1. The maximum Gasteiger partial charge on any atom is 0.315 e. The van der Waals surface area contributed by atoms with E-state index >= 15 is 0 Å². The monoisotopic (exact) mass is 333 g/mol. The standard InChI is InChI=1S/C17H24FN5O/c1-12(13-5-7-14(18)8-6-13)9-19-16(24)20-10-15-21-11-22-23(15)17(2,3)4/h5-8,11-12H,9-10H2,1-4H3,(H2,19,20,24). The number of urea groups is 1. The summed E-state index contributed by atoms with van der Waals surface area (Å²) < 4.78 is 14.7. The number of carbonyl (C=O) groups excluding carboxylic acids is 1. The number of benzene rings is 1. The number of rotatable bonds is 5. The molecule has 2 amide bonds. The minimum atomic E-state index is -0.271. The summed E-state index contributed by atoms with van der Waals surface area (Å²) in [5.41, 5.74) is 0.783. The molecule has 130 valence electrons. The zero-order chi connectivity index (χ0) is 17.7. The number of carbonyl (C=O) groups is 1.